The largest absolute Gasteiger partial charge is 0.501 e. The number of nitro benzene ring substituents is 1. The number of aromatic nitrogens is 1. The summed E-state index contributed by atoms with van der Waals surface area (Å²) in [4.78, 5) is 22.5. The zero-order chi connectivity index (χ0) is 19.1. The molecule has 0 amide bonds. The number of nitro groups is 1. The normalized spacial score (nSPS) is 24.0. The first-order valence-corrected chi connectivity index (χ1v) is 10.4. The van der Waals surface area contributed by atoms with E-state index in [0.29, 0.717) is 10.5 Å². The summed E-state index contributed by atoms with van der Waals surface area (Å²) in [5, 5.41) is 22.4. The van der Waals surface area contributed by atoms with Gasteiger partial charge in [0, 0.05) is 24.1 Å². The lowest BCUT2D eigenvalue weighted by Gasteiger charge is -2.32. The number of nitrogens with zero attached hydrogens (tertiary/aromatic N) is 4. The van der Waals surface area contributed by atoms with Crippen LogP contribution in [0.1, 0.15) is 36.7 Å². The van der Waals surface area contributed by atoms with Gasteiger partial charge in [0.1, 0.15) is 6.04 Å². The Morgan fingerprint density at radius 2 is 2.26 bits per heavy atom. The average molecular weight is 449 g/mol. The van der Waals surface area contributed by atoms with E-state index in [2.05, 4.69) is 32.7 Å². The number of halogens is 1. The summed E-state index contributed by atoms with van der Waals surface area (Å²) < 4.78 is 0.305. The van der Waals surface area contributed by atoms with E-state index in [4.69, 9.17) is 4.99 Å². The van der Waals surface area contributed by atoms with Crippen LogP contribution >= 0.6 is 27.7 Å². The van der Waals surface area contributed by atoms with Crippen molar-refractivity contribution in [3.63, 3.8) is 0 Å². The molecule has 0 bridgehead atoms. The van der Waals surface area contributed by atoms with Crippen LogP contribution in [0.2, 0.25) is 0 Å². The topological polar surface area (TPSA) is 91.9 Å². The lowest BCUT2D eigenvalue weighted by atomic mass is 9.94. The Hall–Kier alpha value is -2.13. The zero-order valence-electron chi connectivity index (χ0n) is 14.4. The van der Waals surface area contributed by atoms with Crippen molar-refractivity contribution in [2.75, 3.05) is 5.75 Å². The fourth-order valence-electron chi connectivity index (χ4n) is 3.62. The minimum absolute atomic E-state index is 0.203. The fraction of sp³-hybridized carbons (Fsp3) is 0.333. The number of aromatic hydroxyl groups is 1. The first-order chi connectivity index (χ1) is 13.0. The number of pyridine rings is 1. The number of aliphatic imine (C=N–C) groups is 1. The Morgan fingerprint density at radius 1 is 1.44 bits per heavy atom. The van der Waals surface area contributed by atoms with Gasteiger partial charge in [0.2, 0.25) is 5.75 Å². The van der Waals surface area contributed by atoms with Gasteiger partial charge in [0.15, 0.2) is 5.17 Å². The molecule has 9 heteroatoms. The third-order valence-corrected chi connectivity index (χ3v) is 6.66. The molecule has 3 heterocycles. The lowest BCUT2D eigenvalue weighted by molar-refractivity contribution is -0.386. The van der Waals surface area contributed by atoms with Crippen LogP contribution in [0.4, 0.5) is 5.69 Å². The highest BCUT2D eigenvalue weighted by molar-refractivity contribution is 9.10. The SMILES string of the molecule is CC[C@@H]1CSC2=N[C@@H](c3ccccn3)[C@@H](c3cc(Br)c(O)c([N+](=O)[O-])c3)N21. The number of phenolic OH excluding ortho intramolecular Hbond substituents is 1. The zero-order valence-corrected chi connectivity index (χ0v) is 16.9. The number of hydrogen-bond donors (Lipinski definition) is 1. The quantitative estimate of drug-likeness (QED) is 0.548. The second-order valence-electron chi connectivity index (χ2n) is 6.46. The molecular formula is C18H17BrN4O3S. The lowest BCUT2D eigenvalue weighted by Crippen LogP contribution is -2.35. The highest BCUT2D eigenvalue weighted by atomic mass is 79.9. The van der Waals surface area contributed by atoms with E-state index in [1.54, 1.807) is 24.0 Å². The van der Waals surface area contributed by atoms with Crippen molar-refractivity contribution >= 4 is 38.5 Å². The molecule has 0 radical (unpaired) electrons. The number of rotatable bonds is 4. The second-order valence-corrected chi connectivity index (χ2v) is 8.31. The number of phenols is 1. The predicted octanol–water partition coefficient (Wildman–Crippen LogP) is 4.44. The van der Waals surface area contributed by atoms with Gasteiger partial charge in [-0.3, -0.25) is 20.1 Å². The molecule has 0 spiro atoms. The van der Waals surface area contributed by atoms with E-state index < -0.39 is 4.92 Å². The maximum absolute atomic E-state index is 11.4. The Balaban J connectivity index is 1.86. The third-order valence-electron chi connectivity index (χ3n) is 4.93. The Kier molecular flexibility index (Phi) is 4.81. The summed E-state index contributed by atoms with van der Waals surface area (Å²) in [5.74, 6) is 0.586. The van der Waals surface area contributed by atoms with Gasteiger partial charge >= 0.3 is 5.69 Å². The van der Waals surface area contributed by atoms with Crippen molar-refractivity contribution in [1.29, 1.82) is 0 Å². The van der Waals surface area contributed by atoms with Gasteiger partial charge in [-0.1, -0.05) is 24.8 Å². The molecule has 1 fully saturated rings. The number of hydrogen-bond acceptors (Lipinski definition) is 7. The molecule has 7 nitrogen and oxygen atoms in total. The number of benzene rings is 1. The minimum Gasteiger partial charge on any atom is -0.501 e. The molecule has 1 aromatic carbocycles. The van der Waals surface area contributed by atoms with Crippen LogP contribution in [-0.2, 0) is 0 Å². The van der Waals surface area contributed by atoms with E-state index in [-0.39, 0.29) is 23.5 Å². The van der Waals surface area contributed by atoms with Gasteiger partial charge in [-0.15, -0.1) is 0 Å². The van der Waals surface area contributed by atoms with Gasteiger partial charge in [0.05, 0.1) is 21.1 Å². The molecule has 0 unspecified atom stereocenters. The molecule has 4 rings (SSSR count). The third kappa shape index (κ3) is 3.08. The summed E-state index contributed by atoms with van der Waals surface area (Å²) in [6.45, 7) is 2.13. The minimum atomic E-state index is -0.563. The molecule has 1 saturated heterocycles. The molecular weight excluding hydrogens is 432 g/mol. The van der Waals surface area contributed by atoms with Crippen molar-refractivity contribution in [2.45, 2.75) is 31.5 Å². The monoisotopic (exact) mass is 448 g/mol. The van der Waals surface area contributed by atoms with Crippen molar-refractivity contribution in [3.8, 4) is 5.75 Å². The second kappa shape index (κ2) is 7.12. The van der Waals surface area contributed by atoms with Crippen LogP contribution in [0, 0.1) is 10.1 Å². The molecule has 2 aliphatic heterocycles. The predicted molar refractivity (Wildman–Crippen MR) is 108 cm³/mol. The molecule has 3 atom stereocenters. The van der Waals surface area contributed by atoms with Crippen molar-refractivity contribution in [1.82, 2.24) is 9.88 Å². The first kappa shape index (κ1) is 18.2. The van der Waals surface area contributed by atoms with E-state index in [0.717, 1.165) is 28.6 Å². The standard InChI is InChI=1S/C18H17BrN4O3S/c1-2-11-9-27-18-21-15(13-5-3-4-6-20-13)16(22(11)18)10-7-12(19)17(24)14(8-10)23(25)26/h3-8,11,15-16,24H,2,9H2,1H3/t11-,15+,16-/m1/s1. The van der Waals surface area contributed by atoms with Crippen LogP contribution < -0.4 is 0 Å². The number of fused-ring (bicyclic) bond motifs is 1. The molecule has 140 valence electrons. The van der Waals surface area contributed by atoms with Crippen LogP contribution in [0.3, 0.4) is 0 Å². The van der Waals surface area contributed by atoms with E-state index in [1.165, 1.54) is 6.07 Å². The Bertz CT molecular complexity index is 924. The molecule has 0 saturated carbocycles. The number of amidine groups is 1. The van der Waals surface area contributed by atoms with Crippen LogP contribution in [0.15, 0.2) is 46.0 Å². The Labute approximate surface area is 168 Å². The van der Waals surface area contributed by atoms with E-state index in [1.807, 2.05) is 18.2 Å². The number of thioether (sulfide) groups is 1. The fourth-order valence-corrected chi connectivity index (χ4v) is 5.43. The maximum atomic E-state index is 11.4. The molecule has 1 N–H and O–H groups in total. The molecule has 2 aromatic rings. The molecule has 2 aliphatic rings. The Morgan fingerprint density at radius 3 is 2.93 bits per heavy atom. The van der Waals surface area contributed by atoms with Gasteiger partial charge < -0.3 is 10.0 Å². The molecule has 0 aliphatic carbocycles. The smallest absolute Gasteiger partial charge is 0.312 e. The van der Waals surface area contributed by atoms with Gasteiger partial charge in [-0.25, -0.2) is 0 Å². The van der Waals surface area contributed by atoms with Gasteiger partial charge in [-0.05, 0) is 46.1 Å². The summed E-state index contributed by atoms with van der Waals surface area (Å²) >= 11 is 4.98. The molecule has 1 aromatic heterocycles. The van der Waals surface area contributed by atoms with Crippen LogP contribution in [0.5, 0.6) is 5.75 Å². The van der Waals surface area contributed by atoms with Gasteiger partial charge in [-0.2, -0.15) is 0 Å². The average Bonchev–Trinajstić information content (AvgIpc) is 3.23. The van der Waals surface area contributed by atoms with Crippen molar-refractivity contribution in [3.05, 3.63) is 62.4 Å². The van der Waals surface area contributed by atoms with Crippen molar-refractivity contribution in [2.24, 2.45) is 4.99 Å². The van der Waals surface area contributed by atoms with Crippen molar-refractivity contribution < 1.29 is 10.0 Å². The van der Waals surface area contributed by atoms with Crippen LogP contribution in [0.25, 0.3) is 0 Å². The first-order valence-electron chi connectivity index (χ1n) is 8.58. The van der Waals surface area contributed by atoms with Crippen LogP contribution in [-0.4, -0.2) is 36.9 Å². The van der Waals surface area contributed by atoms with E-state index >= 15 is 0 Å². The summed E-state index contributed by atoms with van der Waals surface area (Å²) in [5.41, 5.74) is 1.25. The summed E-state index contributed by atoms with van der Waals surface area (Å²) in [7, 11) is 0. The summed E-state index contributed by atoms with van der Waals surface area (Å²) in [6.07, 6.45) is 2.69. The van der Waals surface area contributed by atoms with Gasteiger partial charge in [0.25, 0.3) is 0 Å². The highest BCUT2D eigenvalue weighted by Crippen LogP contribution is 2.50. The summed E-state index contributed by atoms with van der Waals surface area (Å²) in [6, 6.07) is 8.75. The molecule has 27 heavy (non-hydrogen) atoms. The maximum Gasteiger partial charge on any atom is 0.312 e. The highest BCUT2D eigenvalue weighted by Gasteiger charge is 2.46. The van der Waals surface area contributed by atoms with E-state index in [9.17, 15) is 15.2 Å².